The molecule has 0 saturated heterocycles. The number of rotatable bonds is 6. The number of aromatic nitrogens is 2. The molecule has 1 unspecified atom stereocenters. The molecule has 0 bridgehead atoms. The first-order chi connectivity index (χ1) is 8.77. The van der Waals surface area contributed by atoms with Crippen molar-refractivity contribution in [1.29, 1.82) is 0 Å². The van der Waals surface area contributed by atoms with Crippen molar-refractivity contribution in [3.8, 4) is 0 Å². The maximum absolute atomic E-state index is 5.57. The predicted octanol–water partition coefficient (Wildman–Crippen LogP) is 2.70. The van der Waals surface area contributed by atoms with Gasteiger partial charge < -0.3 is 14.6 Å². The van der Waals surface area contributed by atoms with Gasteiger partial charge in [-0.05, 0) is 32.0 Å². The molecule has 4 heteroatoms. The molecule has 0 aliphatic heterocycles. The van der Waals surface area contributed by atoms with Gasteiger partial charge in [0, 0.05) is 12.6 Å². The van der Waals surface area contributed by atoms with Gasteiger partial charge in [-0.2, -0.15) is 0 Å². The van der Waals surface area contributed by atoms with E-state index in [-0.39, 0.29) is 0 Å². The molecular weight excluding hydrogens is 226 g/mol. The second-order valence-electron chi connectivity index (χ2n) is 4.48. The van der Waals surface area contributed by atoms with Gasteiger partial charge in [-0.15, -0.1) is 0 Å². The highest BCUT2D eigenvalue weighted by atomic mass is 16.5. The number of para-hydroxylation sites is 1. The van der Waals surface area contributed by atoms with E-state index in [9.17, 15) is 0 Å². The minimum atomic E-state index is 0.300. The van der Waals surface area contributed by atoms with Gasteiger partial charge in [0.05, 0.1) is 17.4 Å². The van der Waals surface area contributed by atoms with Gasteiger partial charge in [-0.3, -0.25) is 0 Å². The molecule has 1 atom stereocenters. The summed E-state index contributed by atoms with van der Waals surface area (Å²) in [4.78, 5) is 4.51. The number of benzene rings is 1. The third-order valence-corrected chi connectivity index (χ3v) is 3.16. The second-order valence-corrected chi connectivity index (χ2v) is 4.48. The van der Waals surface area contributed by atoms with E-state index in [2.05, 4.69) is 46.9 Å². The largest absolute Gasteiger partial charge is 0.361 e. The van der Waals surface area contributed by atoms with E-state index in [4.69, 9.17) is 4.74 Å². The van der Waals surface area contributed by atoms with Crippen LogP contribution in [-0.2, 0) is 11.5 Å². The zero-order chi connectivity index (χ0) is 13.0. The normalized spacial score (nSPS) is 13.1. The summed E-state index contributed by atoms with van der Waals surface area (Å²) in [5.74, 6) is 0. The van der Waals surface area contributed by atoms with Crippen molar-refractivity contribution in [2.45, 2.75) is 33.0 Å². The van der Waals surface area contributed by atoms with E-state index in [0.717, 1.165) is 24.1 Å². The number of fused-ring (bicyclic) bond motifs is 1. The Hall–Kier alpha value is -1.39. The van der Waals surface area contributed by atoms with Crippen molar-refractivity contribution in [3.05, 3.63) is 30.1 Å². The summed E-state index contributed by atoms with van der Waals surface area (Å²) in [5, 5.41) is 3.25. The summed E-state index contributed by atoms with van der Waals surface area (Å²) in [6.45, 7) is 5.61. The Bertz CT molecular complexity index is 507. The highest BCUT2D eigenvalue weighted by Crippen LogP contribution is 2.22. The molecule has 0 radical (unpaired) electrons. The van der Waals surface area contributed by atoms with Crippen LogP contribution < -0.4 is 5.32 Å². The molecule has 98 valence electrons. The quantitative estimate of drug-likeness (QED) is 0.798. The Morgan fingerprint density at radius 3 is 3.00 bits per heavy atom. The molecule has 1 aromatic carbocycles. The first-order valence-corrected chi connectivity index (χ1v) is 6.46. The molecule has 0 aliphatic rings. The van der Waals surface area contributed by atoms with Crippen molar-refractivity contribution >= 4 is 11.0 Å². The topological polar surface area (TPSA) is 39.1 Å². The fourth-order valence-electron chi connectivity index (χ4n) is 2.03. The van der Waals surface area contributed by atoms with E-state index >= 15 is 0 Å². The van der Waals surface area contributed by atoms with Crippen LogP contribution in [-0.4, -0.2) is 23.2 Å². The van der Waals surface area contributed by atoms with Gasteiger partial charge in [-0.25, -0.2) is 4.98 Å². The van der Waals surface area contributed by atoms with Crippen LogP contribution >= 0.6 is 0 Å². The van der Waals surface area contributed by atoms with Crippen molar-refractivity contribution in [3.63, 3.8) is 0 Å². The standard InChI is InChI=1S/C14H21N3O/c1-4-8-18-10-17-9-16-14-12(11(2)15-3)6-5-7-13(14)17/h5-7,9,11,15H,4,8,10H2,1-3H3. The van der Waals surface area contributed by atoms with Gasteiger partial charge in [0.25, 0.3) is 0 Å². The van der Waals surface area contributed by atoms with Crippen LogP contribution in [0.4, 0.5) is 0 Å². The zero-order valence-electron chi connectivity index (χ0n) is 11.3. The van der Waals surface area contributed by atoms with Crippen LogP contribution in [0.25, 0.3) is 11.0 Å². The lowest BCUT2D eigenvalue weighted by atomic mass is 10.1. The smallest absolute Gasteiger partial charge is 0.124 e. The number of hydrogen-bond donors (Lipinski definition) is 1. The summed E-state index contributed by atoms with van der Waals surface area (Å²) >= 11 is 0. The summed E-state index contributed by atoms with van der Waals surface area (Å²) in [7, 11) is 1.96. The summed E-state index contributed by atoms with van der Waals surface area (Å²) < 4.78 is 7.62. The fourth-order valence-corrected chi connectivity index (χ4v) is 2.03. The van der Waals surface area contributed by atoms with Gasteiger partial charge in [-0.1, -0.05) is 19.1 Å². The molecule has 2 aromatic rings. The molecule has 4 nitrogen and oxygen atoms in total. The summed E-state index contributed by atoms with van der Waals surface area (Å²) in [6, 6.07) is 6.58. The number of nitrogens with zero attached hydrogens (tertiary/aromatic N) is 2. The molecule has 18 heavy (non-hydrogen) atoms. The number of imidazole rings is 1. The van der Waals surface area contributed by atoms with Gasteiger partial charge in [0.15, 0.2) is 0 Å². The van der Waals surface area contributed by atoms with Gasteiger partial charge in [0.2, 0.25) is 0 Å². The highest BCUT2D eigenvalue weighted by Gasteiger charge is 2.11. The Morgan fingerprint density at radius 1 is 1.44 bits per heavy atom. The first kappa shape index (κ1) is 13.1. The number of ether oxygens (including phenoxy) is 1. The van der Waals surface area contributed by atoms with E-state index in [1.165, 1.54) is 5.56 Å². The minimum absolute atomic E-state index is 0.300. The highest BCUT2D eigenvalue weighted by molar-refractivity contribution is 5.79. The van der Waals surface area contributed by atoms with Crippen LogP contribution in [0, 0.1) is 0 Å². The van der Waals surface area contributed by atoms with E-state index in [1.54, 1.807) is 0 Å². The average Bonchev–Trinajstić information content (AvgIpc) is 2.81. The average molecular weight is 247 g/mol. The zero-order valence-corrected chi connectivity index (χ0v) is 11.3. The maximum Gasteiger partial charge on any atom is 0.124 e. The first-order valence-electron chi connectivity index (χ1n) is 6.46. The lowest BCUT2D eigenvalue weighted by Crippen LogP contribution is -2.12. The summed E-state index contributed by atoms with van der Waals surface area (Å²) in [6.07, 6.45) is 2.89. The molecule has 1 aromatic heterocycles. The monoisotopic (exact) mass is 247 g/mol. The summed E-state index contributed by atoms with van der Waals surface area (Å²) in [5.41, 5.74) is 3.41. The van der Waals surface area contributed by atoms with Crippen LogP contribution in [0.5, 0.6) is 0 Å². The van der Waals surface area contributed by atoms with Crippen molar-refractivity contribution in [2.24, 2.45) is 0 Å². The molecule has 1 heterocycles. The Morgan fingerprint density at radius 2 is 2.28 bits per heavy atom. The fraction of sp³-hybridized carbons (Fsp3) is 0.500. The Kier molecular flexibility index (Phi) is 4.33. The van der Waals surface area contributed by atoms with Crippen LogP contribution in [0.2, 0.25) is 0 Å². The third kappa shape index (κ3) is 2.54. The second kappa shape index (κ2) is 5.98. The maximum atomic E-state index is 5.57. The Labute approximate surface area is 108 Å². The van der Waals surface area contributed by atoms with Crippen molar-refractivity contribution in [1.82, 2.24) is 14.9 Å². The predicted molar refractivity (Wildman–Crippen MR) is 73.5 cm³/mol. The van der Waals surface area contributed by atoms with Crippen molar-refractivity contribution < 1.29 is 4.74 Å². The minimum Gasteiger partial charge on any atom is -0.361 e. The van der Waals surface area contributed by atoms with Crippen LogP contribution in [0.1, 0.15) is 31.9 Å². The lowest BCUT2D eigenvalue weighted by Gasteiger charge is -2.11. The molecule has 2 rings (SSSR count). The van der Waals surface area contributed by atoms with Crippen molar-refractivity contribution in [2.75, 3.05) is 13.7 Å². The van der Waals surface area contributed by atoms with Gasteiger partial charge in [0.1, 0.15) is 6.73 Å². The van der Waals surface area contributed by atoms with E-state index in [1.807, 2.05) is 13.4 Å². The van der Waals surface area contributed by atoms with Crippen LogP contribution in [0.15, 0.2) is 24.5 Å². The SMILES string of the molecule is CCCOCn1cnc2c(C(C)NC)cccc21. The Balaban J connectivity index is 2.30. The molecular formula is C14H21N3O. The molecule has 0 fully saturated rings. The molecule has 0 amide bonds. The van der Waals surface area contributed by atoms with Gasteiger partial charge >= 0.3 is 0 Å². The molecule has 0 aliphatic carbocycles. The molecule has 0 spiro atoms. The number of hydrogen-bond acceptors (Lipinski definition) is 3. The number of nitrogens with one attached hydrogen (secondary N) is 1. The van der Waals surface area contributed by atoms with Crippen LogP contribution in [0.3, 0.4) is 0 Å². The van der Waals surface area contributed by atoms with E-state index in [0.29, 0.717) is 12.8 Å². The lowest BCUT2D eigenvalue weighted by molar-refractivity contribution is 0.0800. The third-order valence-electron chi connectivity index (χ3n) is 3.16. The molecule has 0 saturated carbocycles. The molecule has 1 N–H and O–H groups in total. The van der Waals surface area contributed by atoms with E-state index < -0.39 is 0 Å².